The van der Waals surface area contributed by atoms with E-state index in [0.717, 1.165) is 23.6 Å². The maximum absolute atomic E-state index is 14.7. The second kappa shape index (κ2) is 63.7. The fraction of sp³-hybridized carbons (Fsp3) is 0.544. The van der Waals surface area contributed by atoms with Crippen molar-refractivity contribution in [3.63, 3.8) is 0 Å². The smallest absolute Gasteiger partial charge is 0.490 e. The Balaban J connectivity index is 0.00000644. The van der Waals surface area contributed by atoms with Gasteiger partial charge in [0.25, 0.3) is 0 Å². The third-order valence-corrected chi connectivity index (χ3v) is 22.9. The fourth-order valence-electron chi connectivity index (χ4n) is 15.0. The minimum absolute atomic E-state index is 0.00950. The van der Waals surface area contributed by atoms with E-state index in [2.05, 4.69) is 85.1 Å². The van der Waals surface area contributed by atoms with E-state index in [1.807, 2.05) is 5.32 Å². The van der Waals surface area contributed by atoms with Gasteiger partial charge in [-0.25, -0.2) is 9.59 Å². The molecule has 0 aliphatic carbocycles. The Kier molecular flexibility index (Phi) is 53.7. The Morgan fingerprint density at radius 3 is 1.23 bits per heavy atom. The molecule has 3 aromatic rings. The zero-order valence-electron chi connectivity index (χ0n) is 82.1. The van der Waals surface area contributed by atoms with E-state index in [0.29, 0.717) is 23.1 Å². The second-order valence-electron chi connectivity index (χ2n) is 34.9. The predicted octanol–water partition coefficient (Wildman–Crippen LogP) is -12.8. The number of phenolic OH excluding ortho intramolecular Hbond substituents is 2. The molecule has 18 atom stereocenters. The predicted molar refractivity (Wildman–Crippen MR) is 517 cm³/mol. The summed E-state index contributed by atoms with van der Waals surface area (Å²) in [4.78, 5) is 285. The van der Waals surface area contributed by atoms with Crippen molar-refractivity contribution in [3.8, 4) is 11.5 Å². The number of primary amides is 2. The van der Waals surface area contributed by atoms with Crippen LogP contribution in [0.2, 0.25) is 0 Å². The molecule has 3 aromatic carbocycles. The number of unbranched alkanes of at least 4 members (excludes halogenated alkanes) is 1. The standard InChI is InChI=1S/C88H133N27O28.C2HF3O2/c1-44(84(140)114-33-11-18-63(114)81(137)106-55(28-29-65(91)123)75(131)113-70(46(3)120)86(142)143)101-73(129)53(16-9-31-97-87(93)94)104-74(130)54(17-10-32-98-88(95)96)105-79(135)61(42-117)111-80(136)62(43-118)110-78(134)60(41-116)103-68(126)39-99-72(128)57(37-49-22-26-51(122)27-23-49)102-67(125)40-100-83(139)69(45(2)119)112-82(138)64-19-12-34-115(64)85(141)56(15-7-8-30-89)107-77(133)59(38-66(92)124)109-76(132)58(36-47-13-5-4-6-14-47)108-71(127)52(90)35-48-20-24-50(121)25-21-48;3-2(4,5)1(6)7/h4-6,13-14,20-27,44-46,52-64,69-70,116-122H,7-12,15-19,28-43,89-90H2,1-3H3,(H2,91,123)(H2,92,124)(H,99,128)(H,100,139)(H,101,129)(H,102,125)(H,103,126)(H,104,130)(H,105,135)(H,106,137)(H,107,133)(H,108,127)(H,109,132)(H,110,134)(H,111,136)(H,112,138)(H,113,131)(H,142,143)(H4,93,94,97)(H4,95,96,98);(H,6,7). The number of phenols is 2. The van der Waals surface area contributed by atoms with Crippen LogP contribution in [0.15, 0.2) is 78.9 Å². The largest absolute Gasteiger partial charge is 0.508 e. The van der Waals surface area contributed by atoms with Crippen molar-refractivity contribution in [3.05, 3.63) is 95.6 Å². The van der Waals surface area contributed by atoms with Crippen molar-refractivity contribution in [2.75, 3.05) is 65.6 Å². The topological polar surface area (TPSA) is 955 Å². The molecule has 0 bridgehead atoms. The van der Waals surface area contributed by atoms with Gasteiger partial charge in [0.1, 0.15) is 96.1 Å². The summed E-state index contributed by atoms with van der Waals surface area (Å²) in [6, 6.07) is -6.73. The summed E-state index contributed by atoms with van der Waals surface area (Å²) < 4.78 is 31.7. The van der Waals surface area contributed by atoms with E-state index < -0.39 is 303 Å². The number of hydrogen-bond acceptors (Lipinski definition) is 32. The summed E-state index contributed by atoms with van der Waals surface area (Å²) in [5.41, 5.74) is 35.3. The molecule has 150 heavy (non-hydrogen) atoms. The summed E-state index contributed by atoms with van der Waals surface area (Å²) in [5, 5.41) is 144. The number of nitrogens with zero attached hydrogens (tertiary/aromatic N) is 2. The van der Waals surface area contributed by atoms with Crippen LogP contribution in [0.25, 0.3) is 0 Å². The quantitative estimate of drug-likeness (QED) is 0.0142. The molecule has 2 saturated heterocycles. The highest BCUT2D eigenvalue weighted by molar-refractivity contribution is 6.02. The normalized spacial score (nSPS) is 16.3. The number of halogens is 3. The Hall–Kier alpha value is -15.8. The zero-order chi connectivity index (χ0) is 113. The van der Waals surface area contributed by atoms with E-state index in [-0.39, 0.29) is 128 Å². The van der Waals surface area contributed by atoms with Gasteiger partial charge in [-0.15, -0.1) is 0 Å². The average Bonchev–Trinajstić information content (AvgIpc) is 1.65. The van der Waals surface area contributed by atoms with Gasteiger partial charge in [-0.3, -0.25) is 102 Å². The molecule has 18 unspecified atom stereocenters. The van der Waals surface area contributed by atoms with Crippen LogP contribution >= 0.6 is 0 Å². The van der Waals surface area contributed by atoms with Crippen molar-refractivity contribution < 1.29 is 160 Å². The molecule has 2 fully saturated rings. The molecule has 830 valence electrons. The number of hydrogen-bond donors (Lipinski definition) is 34. The van der Waals surface area contributed by atoms with Crippen molar-refractivity contribution in [1.82, 2.24) is 100 Å². The van der Waals surface area contributed by atoms with Gasteiger partial charge in [-0.1, -0.05) is 54.6 Å². The highest BCUT2D eigenvalue weighted by Crippen LogP contribution is 2.24. The molecule has 2 heterocycles. The third-order valence-electron chi connectivity index (χ3n) is 22.9. The molecule has 60 heteroatoms. The number of nitrogens with one attached hydrogen (secondary N) is 19. The molecule has 40 N–H and O–H groups in total. The first-order chi connectivity index (χ1) is 70.6. The molecular formula is C90H134F3N27O30. The monoisotopic (exact) mass is 2130 g/mol. The molecule has 2 aliphatic rings. The Labute approximate surface area is 855 Å². The highest BCUT2D eigenvalue weighted by atomic mass is 19.4. The third kappa shape index (κ3) is 44.5. The van der Waals surface area contributed by atoms with E-state index in [9.17, 15) is 150 Å². The Bertz CT molecular complexity index is 5150. The summed E-state index contributed by atoms with van der Waals surface area (Å²) >= 11 is 0. The molecular weight excluding hydrogens is 2000 g/mol. The lowest BCUT2D eigenvalue weighted by molar-refractivity contribution is -0.192. The zero-order valence-corrected chi connectivity index (χ0v) is 82.1. The van der Waals surface area contributed by atoms with E-state index >= 15 is 0 Å². The van der Waals surface area contributed by atoms with E-state index in [1.54, 1.807) is 42.5 Å². The van der Waals surface area contributed by atoms with Gasteiger partial charge in [0.05, 0.1) is 57.6 Å². The number of aromatic hydroxyl groups is 2. The number of amides is 19. The summed E-state index contributed by atoms with van der Waals surface area (Å²) in [5.74, 6) is -25.8. The van der Waals surface area contributed by atoms with Crippen LogP contribution in [0.4, 0.5) is 13.2 Å². The van der Waals surface area contributed by atoms with Crippen LogP contribution in [0.1, 0.15) is 127 Å². The number of aliphatic hydroxyl groups is 5. The van der Waals surface area contributed by atoms with Gasteiger partial charge < -0.3 is 181 Å². The van der Waals surface area contributed by atoms with Gasteiger partial charge in [-0.2, -0.15) is 13.2 Å². The van der Waals surface area contributed by atoms with Crippen LogP contribution in [0, 0.1) is 10.8 Å². The number of alkyl halides is 3. The molecule has 57 nitrogen and oxygen atoms in total. The van der Waals surface area contributed by atoms with Crippen LogP contribution in [0.3, 0.4) is 0 Å². The number of carboxylic acids is 2. The van der Waals surface area contributed by atoms with Gasteiger partial charge >= 0.3 is 18.1 Å². The summed E-state index contributed by atoms with van der Waals surface area (Å²) in [7, 11) is 0. The molecule has 0 saturated carbocycles. The second-order valence-corrected chi connectivity index (χ2v) is 34.9. The van der Waals surface area contributed by atoms with E-state index in [4.69, 9.17) is 55.1 Å². The molecule has 0 aromatic heterocycles. The summed E-state index contributed by atoms with van der Waals surface area (Å²) in [6.45, 7) is -2.45. The van der Waals surface area contributed by atoms with Crippen LogP contribution in [-0.4, -0.2) is 373 Å². The van der Waals surface area contributed by atoms with Crippen molar-refractivity contribution in [2.24, 2.45) is 34.4 Å². The minimum Gasteiger partial charge on any atom is -0.508 e. The number of rotatable bonds is 61. The molecule has 0 spiro atoms. The number of nitrogens with two attached hydrogens (primary N) is 6. The number of carbonyl (C=O) groups excluding carboxylic acids is 19. The lowest BCUT2D eigenvalue weighted by atomic mass is 10.0. The van der Waals surface area contributed by atoms with Crippen LogP contribution in [-0.2, 0) is 120 Å². The van der Waals surface area contributed by atoms with E-state index in [1.165, 1.54) is 43.3 Å². The lowest BCUT2D eigenvalue weighted by Gasteiger charge is -2.31. The number of carbonyl (C=O) groups is 21. The number of carboxylic acid groups (broad SMARTS) is 2. The van der Waals surface area contributed by atoms with Gasteiger partial charge in [0.15, 0.2) is 18.0 Å². The van der Waals surface area contributed by atoms with Crippen molar-refractivity contribution in [2.45, 2.75) is 245 Å². The first kappa shape index (κ1) is 126. The minimum atomic E-state index is -5.08. The SMILES string of the molecule is CC(NC(=O)C(CCCNC(=N)N)NC(=O)C(CCCNC(=N)N)NC(=O)C(CO)NC(=O)C(CO)NC(=O)C(CO)NC(=O)CNC(=O)C(Cc1ccc(O)cc1)NC(=O)CNC(=O)C(NC(=O)C1CCCN1C(=O)C(CCCCN)NC(=O)C(CC(N)=O)NC(=O)C(Cc1ccccc1)NC(=O)C(N)Cc1ccc(O)cc1)C(C)O)C(=O)N1CCCC1C(=O)NC(CCC(N)=O)C(=O)NC(C(=O)O)C(C)O.O=C(O)C(F)(F)F. The van der Waals surface area contributed by atoms with Crippen LogP contribution < -0.4 is 125 Å². The number of aliphatic hydroxyl groups excluding tert-OH is 5. The number of likely N-dealkylation sites (tertiary alicyclic amines) is 2. The fourth-order valence-corrected chi connectivity index (χ4v) is 15.0. The maximum atomic E-state index is 14.7. The first-order valence-electron chi connectivity index (χ1n) is 47.2. The molecule has 5 rings (SSSR count). The Morgan fingerprint density at radius 2 is 0.780 bits per heavy atom. The number of aliphatic carboxylic acids is 2. The van der Waals surface area contributed by atoms with Gasteiger partial charge in [-0.05, 0) is 152 Å². The molecule has 19 amide bonds. The average molecular weight is 2130 g/mol. The van der Waals surface area contributed by atoms with Crippen LogP contribution in [0.5, 0.6) is 11.5 Å². The van der Waals surface area contributed by atoms with Gasteiger partial charge in [0, 0.05) is 45.4 Å². The maximum Gasteiger partial charge on any atom is 0.490 e. The number of benzene rings is 3. The Morgan fingerprint density at radius 1 is 0.407 bits per heavy atom. The summed E-state index contributed by atoms with van der Waals surface area (Å²) in [6.07, 6.45) is -10.4. The van der Waals surface area contributed by atoms with Gasteiger partial charge in [0.2, 0.25) is 112 Å². The lowest BCUT2D eigenvalue weighted by Crippen LogP contribution is -2.61. The van der Waals surface area contributed by atoms with Crippen molar-refractivity contribution >= 4 is 136 Å². The first-order valence-corrected chi connectivity index (χ1v) is 47.2. The number of guanidine groups is 2. The highest BCUT2D eigenvalue weighted by Gasteiger charge is 2.45. The van der Waals surface area contributed by atoms with Crippen molar-refractivity contribution in [1.29, 1.82) is 10.8 Å². The molecule has 0 radical (unpaired) electrons. The molecule has 2 aliphatic heterocycles.